The maximum atomic E-state index is 12.1. The molecule has 0 saturated heterocycles. The minimum Gasteiger partial charge on any atom is -0.455 e. The quantitative estimate of drug-likeness (QED) is 0.484. The lowest BCUT2D eigenvalue weighted by Crippen LogP contribution is -2.43. The van der Waals surface area contributed by atoms with Crippen LogP contribution in [0.2, 0.25) is 10.0 Å². The highest BCUT2D eigenvalue weighted by Crippen LogP contribution is 2.16. The Hall–Kier alpha value is -2.62. The highest BCUT2D eigenvalue weighted by Gasteiger charge is 2.18. The molecule has 2 amide bonds. The van der Waals surface area contributed by atoms with Gasteiger partial charge < -0.3 is 4.74 Å². The first-order valence-corrected chi connectivity index (χ1v) is 10.6. The van der Waals surface area contributed by atoms with Crippen molar-refractivity contribution >= 4 is 50.8 Å². The van der Waals surface area contributed by atoms with E-state index in [2.05, 4.69) is 10.9 Å². The number of hydrogen-bond donors (Lipinski definition) is 2. The van der Waals surface area contributed by atoms with Crippen LogP contribution in [0.15, 0.2) is 53.4 Å². The summed E-state index contributed by atoms with van der Waals surface area (Å²) >= 11 is 11.4. The van der Waals surface area contributed by atoms with Crippen molar-refractivity contribution < 1.29 is 27.5 Å². The maximum Gasteiger partial charge on any atom is 0.307 e. The third kappa shape index (κ3) is 7.37. The zero-order valence-electron chi connectivity index (χ0n) is 14.9. The van der Waals surface area contributed by atoms with Gasteiger partial charge in [-0.25, -0.2) is 8.42 Å². The van der Waals surface area contributed by atoms with E-state index in [1.54, 1.807) is 0 Å². The fraction of sp³-hybridized carbons (Fsp3) is 0.167. The smallest absolute Gasteiger partial charge is 0.307 e. The van der Waals surface area contributed by atoms with Gasteiger partial charge in [0.2, 0.25) is 0 Å². The van der Waals surface area contributed by atoms with Crippen LogP contribution in [0.3, 0.4) is 0 Å². The van der Waals surface area contributed by atoms with Gasteiger partial charge in [0.05, 0.1) is 17.1 Å². The van der Waals surface area contributed by atoms with Crippen molar-refractivity contribution in [2.75, 3.05) is 12.4 Å². The fourth-order valence-electron chi connectivity index (χ4n) is 2.03. The predicted molar refractivity (Wildman–Crippen MR) is 106 cm³/mol. The van der Waals surface area contributed by atoms with Crippen LogP contribution in [-0.4, -0.2) is 38.6 Å². The standard InChI is InChI=1S/C18H16Cl2N2O6S/c19-13-3-1-12(2-4-13)18(25)22-21-16(23)11-28-17(24)9-10-29(26,27)15-7-5-14(20)6-8-15/h1-8H,9-11H2,(H,21,23)(H,22,25). The Kier molecular flexibility index (Phi) is 8.00. The van der Waals surface area contributed by atoms with Crippen molar-refractivity contribution in [1.29, 1.82) is 0 Å². The fourth-order valence-corrected chi connectivity index (χ4v) is 3.51. The number of hydrazine groups is 1. The van der Waals surface area contributed by atoms with Crippen molar-refractivity contribution in [3.05, 3.63) is 64.1 Å². The number of sulfone groups is 1. The largest absolute Gasteiger partial charge is 0.455 e. The Morgan fingerprint density at radius 1 is 0.862 bits per heavy atom. The van der Waals surface area contributed by atoms with E-state index >= 15 is 0 Å². The number of esters is 1. The maximum absolute atomic E-state index is 12.1. The van der Waals surface area contributed by atoms with Crippen molar-refractivity contribution in [3.63, 3.8) is 0 Å². The molecule has 0 radical (unpaired) electrons. The topological polar surface area (TPSA) is 119 Å². The molecule has 0 aromatic heterocycles. The highest BCUT2D eigenvalue weighted by molar-refractivity contribution is 7.91. The van der Waals surface area contributed by atoms with E-state index in [1.807, 2.05) is 0 Å². The van der Waals surface area contributed by atoms with Gasteiger partial charge in [0.1, 0.15) is 0 Å². The molecule has 0 aliphatic rings. The van der Waals surface area contributed by atoms with Gasteiger partial charge in [0.25, 0.3) is 11.8 Å². The Bertz CT molecular complexity index is 992. The van der Waals surface area contributed by atoms with Gasteiger partial charge in [0, 0.05) is 15.6 Å². The second-order valence-electron chi connectivity index (χ2n) is 5.69. The summed E-state index contributed by atoms with van der Waals surface area (Å²) < 4.78 is 29.0. The minimum atomic E-state index is -3.69. The average Bonchev–Trinajstić information content (AvgIpc) is 2.70. The van der Waals surface area contributed by atoms with Gasteiger partial charge in [-0.3, -0.25) is 25.2 Å². The van der Waals surface area contributed by atoms with E-state index in [9.17, 15) is 22.8 Å². The van der Waals surface area contributed by atoms with E-state index < -0.39 is 46.4 Å². The summed E-state index contributed by atoms with van der Waals surface area (Å²) in [7, 11) is -3.69. The van der Waals surface area contributed by atoms with Crippen molar-refractivity contribution in [3.8, 4) is 0 Å². The number of nitrogens with one attached hydrogen (secondary N) is 2. The molecule has 2 aromatic rings. The van der Waals surface area contributed by atoms with E-state index in [4.69, 9.17) is 27.9 Å². The van der Waals surface area contributed by atoms with E-state index in [0.29, 0.717) is 10.0 Å². The Morgan fingerprint density at radius 3 is 2.00 bits per heavy atom. The van der Waals surface area contributed by atoms with E-state index in [0.717, 1.165) is 0 Å². The van der Waals surface area contributed by atoms with Gasteiger partial charge in [-0.2, -0.15) is 0 Å². The van der Waals surface area contributed by atoms with Gasteiger partial charge in [0.15, 0.2) is 16.4 Å². The molecule has 11 heteroatoms. The monoisotopic (exact) mass is 458 g/mol. The summed E-state index contributed by atoms with van der Waals surface area (Å²) in [4.78, 5) is 35.2. The van der Waals surface area contributed by atoms with Gasteiger partial charge in [-0.05, 0) is 48.5 Å². The number of halogens is 2. The molecule has 0 aliphatic heterocycles. The van der Waals surface area contributed by atoms with Crippen LogP contribution in [0, 0.1) is 0 Å². The number of rotatable bonds is 7. The first kappa shape index (κ1) is 22.7. The number of carbonyl (C=O) groups is 3. The van der Waals surface area contributed by atoms with Crippen LogP contribution in [0.5, 0.6) is 0 Å². The Morgan fingerprint density at radius 2 is 1.41 bits per heavy atom. The first-order chi connectivity index (χ1) is 13.7. The summed E-state index contributed by atoms with van der Waals surface area (Å²) in [5.41, 5.74) is 4.48. The molecule has 2 N–H and O–H groups in total. The summed E-state index contributed by atoms with van der Waals surface area (Å²) in [6.07, 6.45) is -0.435. The molecular weight excluding hydrogens is 443 g/mol. The van der Waals surface area contributed by atoms with Crippen molar-refractivity contribution in [2.45, 2.75) is 11.3 Å². The van der Waals surface area contributed by atoms with Crippen molar-refractivity contribution in [1.82, 2.24) is 10.9 Å². The molecule has 0 heterocycles. The van der Waals surface area contributed by atoms with Gasteiger partial charge in [-0.1, -0.05) is 23.2 Å². The average molecular weight is 459 g/mol. The lowest BCUT2D eigenvalue weighted by Gasteiger charge is -2.08. The molecule has 0 spiro atoms. The van der Waals surface area contributed by atoms with Crippen LogP contribution in [0.4, 0.5) is 0 Å². The third-order valence-electron chi connectivity index (χ3n) is 3.53. The third-order valence-corrected chi connectivity index (χ3v) is 5.77. The number of hydrogen-bond acceptors (Lipinski definition) is 6. The molecule has 8 nitrogen and oxygen atoms in total. The van der Waals surface area contributed by atoms with E-state index in [1.165, 1.54) is 48.5 Å². The SMILES string of the molecule is O=C(COC(=O)CCS(=O)(=O)c1ccc(Cl)cc1)NNC(=O)c1ccc(Cl)cc1. The van der Waals surface area contributed by atoms with Gasteiger partial charge in [-0.15, -0.1) is 0 Å². The second-order valence-corrected chi connectivity index (χ2v) is 8.67. The van der Waals surface area contributed by atoms with Crippen LogP contribution in [0.25, 0.3) is 0 Å². The normalized spacial score (nSPS) is 10.8. The summed E-state index contributed by atoms with van der Waals surface area (Å²) in [5, 5.41) is 0.841. The molecule has 29 heavy (non-hydrogen) atoms. The van der Waals surface area contributed by atoms with Gasteiger partial charge >= 0.3 is 5.97 Å². The molecule has 2 rings (SSSR count). The zero-order valence-corrected chi connectivity index (χ0v) is 17.2. The molecule has 0 saturated carbocycles. The van der Waals surface area contributed by atoms with E-state index in [-0.39, 0.29) is 10.5 Å². The van der Waals surface area contributed by atoms with Crippen molar-refractivity contribution in [2.24, 2.45) is 0 Å². The Balaban J connectivity index is 1.72. The summed E-state index contributed by atoms with van der Waals surface area (Å²) in [5.74, 6) is -2.74. The molecule has 0 unspecified atom stereocenters. The van der Waals surface area contributed by atoms with Crippen LogP contribution < -0.4 is 10.9 Å². The molecule has 0 bridgehead atoms. The number of benzene rings is 2. The lowest BCUT2D eigenvalue weighted by atomic mass is 10.2. The molecular formula is C18H16Cl2N2O6S. The second kappa shape index (κ2) is 10.2. The molecule has 2 aromatic carbocycles. The summed E-state index contributed by atoms with van der Waals surface area (Å²) in [6.45, 7) is -0.680. The molecule has 154 valence electrons. The molecule has 0 aliphatic carbocycles. The highest BCUT2D eigenvalue weighted by atomic mass is 35.5. The van der Waals surface area contributed by atoms with Crippen LogP contribution in [0.1, 0.15) is 16.8 Å². The molecule has 0 atom stereocenters. The molecule has 0 fully saturated rings. The predicted octanol–water partition coefficient (Wildman–Crippen LogP) is 2.16. The number of ether oxygens (including phenoxy) is 1. The summed E-state index contributed by atoms with van der Waals surface area (Å²) in [6, 6.07) is 11.5. The first-order valence-electron chi connectivity index (χ1n) is 8.16. The van der Waals surface area contributed by atoms with Crippen LogP contribution in [-0.2, 0) is 24.2 Å². The number of carbonyl (C=O) groups excluding carboxylic acids is 3. The lowest BCUT2D eigenvalue weighted by molar-refractivity contribution is -0.148. The number of amides is 2. The Labute approximate surface area is 177 Å². The van der Waals surface area contributed by atoms with Crippen LogP contribution >= 0.6 is 23.2 Å². The minimum absolute atomic E-state index is 0.0253. The zero-order chi connectivity index (χ0) is 21.4.